The fraction of sp³-hybridized carbons (Fsp3) is 0.136. The number of carbonyl (C=O) groups is 2. The number of hydroxylamine groups is 1. The molecule has 0 radical (unpaired) electrons. The first-order valence-corrected chi connectivity index (χ1v) is 10.2. The van der Waals surface area contributed by atoms with Crippen LogP contribution < -0.4 is 25.7 Å². The fourth-order valence-electron chi connectivity index (χ4n) is 2.64. The van der Waals surface area contributed by atoms with Crippen LogP contribution in [0.1, 0.15) is 23.0 Å². The third kappa shape index (κ3) is 6.75. The van der Waals surface area contributed by atoms with E-state index in [9.17, 15) is 22.8 Å². The van der Waals surface area contributed by atoms with Crippen LogP contribution in [0.15, 0.2) is 60.8 Å². The molecule has 0 saturated carbocycles. The van der Waals surface area contributed by atoms with Crippen molar-refractivity contribution >= 4 is 29.2 Å². The normalized spacial score (nSPS) is 10.9. The molecule has 2 aromatic carbocycles. The number of nitrogens with zero attached hydrogens (tertiary/aromatic N) is 1. The zero-order chi connectivity index (χ0) is 24.7. The van der Waals surface area contributed by atoms with Gasteiger partial charge in [-0.05, 0) is 55.5 Å². The van der Waals surface area contributed by atoms with Crippen LogP contribution in [0.3, 0.4) is 0 Å². The van der Waals surface area contributed by atoms with Crippen LogP contribution in [0.5, 0.6) is 17.2 Å². The Balaban J connectivity index is 1.55. The number of rotatable bonds is 7. The van der Waals surface area contributed by atoms with Gasteiger partial charge in [0, 0.05) is 24.5 Å². The predicted molar refractivity (Wildman–Crippen MR) is 118 cm³/mol. The Morgan fingerprint density at radius 3 is 2.38 bits per heavy atom. The van der Waals surface area contributed by atoms with Crippen LogP contribution in [-0.2, 0) is 6.18 Å². The van der Waals surface area contributed by atoms with Crippen LogP contribution >= 0.6 is 11.6 Å². The van der Waals surface area contributed by atoms with Gasteiger partial charge in [0.15, 0.2) is 5.75 Å². The van der Waals surface area contributed by atoms with Gasteiger partial charge in [0.2, 0.25) is 0 Å². The van der Waals surface area contributed by atoms with Crippen molar-refractivity contribution < 1.29 is 32.3 Å². The second kappa shape index (κ2) is 10.8. The molecule has 0 bridgehead atoms. The minimum atomic E-state index is -4.66. The predicted octanol–water partition coefficient (Wildman–Crippen LogP) is 5.41. The standard InChI is InChI=1S/C22H18ClF3N4O4/c1-2-27-20(31)19-12-15(9-10-28-19)33-14-5-3-13(4-6-14)29-21(32)30-34-16-7-8-18(23)17(11-16)22(24,25)26/h3-12H,2H2,1H3,(H,27,31)(H2,29,30,32). The molecule has 0 atom stereocenters. The van der Waals surface area contributed by atoms with Crippen molar-refractivity contribution in [1.82, 2.24) is 15.8 Å². The lowest BCUT2D eigenvalue weighted by Gasteiger charge is -2.12. The second-order valence-corrected chi connectivity index (χ2v) is 7.07. The van der Waals surface area contributed by atoms with Crippen LogP contribution in [0.4, 0.5) is 23.7 Å². The number of aromatic nitrogens is 1. The van der Waals surface area contributed by atoms with E-state index in [2.05, 4.69) is 15.6 Å². The highest BCUT2D eigenvalue weighted by Crippen LogP contribution is 2.36. The first-order chi connectivity index (χ1) is 16.2. The van der Waals surface area contributed by atoms with Gasteiger partial charge in [0.05, 0.1) is 10.6 Å². The van der Waals surface area contributed by atoms with Gasteiger partial charge in [-0.2, -0.15) is 18.7 Å². The number of alkyl halides is 3. The Hall–Kier alpha value is -3.99. The lowest BCUT2D eigenvalue weighted by atomic mass is 10.2. The maximum absolute atomic E-state index is 12.9. The van der Waals surface area contributed by atoms with Gasteiger partial charge in [0.1, 0.15) is 17.2 Å². The number of nitrogens with one attached hydrogen (secondary N) is 3. The lowest BCUT2D eigenvalue weighted by Crippen LogP contribution is -2.31. The Labute approximate surface area is 197 Å². The number of benzene rings is 2. The van der Waals surface area contributed by atoms with E-state index in [1.165, 1.54) is 30.5 Å². The van der Waals surface area contributed by atoms with Crippen molar-refractivity contribution in [1.29, 1.82) is 0 Å². The van der Waals surface area contributed by atoms with E-state index in [1.807, 2.05) is 5.48 Å². The molecule has 0 unspecified atom stereocenters. The molecule has 3 rings (SSSR count). The molecule has 0 spiro atoms. The van der Waals surface area contributed by atoms with Crippen molar-refractivity contribution in [3.8, 4) is 17.2 Å². The Kier molecular flexibility index (Phi) is 7.79. The van der Waals surface area contributed by atoms with E-state index < -0.39 is 22.8 Å². The molecule has 1 aromatic heterocycles. The van der Waals surface area contributed by atoms with Crippen molar-refractivity contribution in [3.05, 3.63) is 77.1 Å². The summed E-state index contributed by atoms with van der Waals surface area (Å²) in [5.41, 5.74) is 1.47. The SMILES string of the molecule is CCNC(=O)c1cc(Oc2ccc(NC(=O)NOc3ccc(Cl)c(C(F)(F)F)c3)cc2)ccn1. The molecule has 3 N–H and O–H groups in total. The van der Waals surface area contributed by atoms with E-state index >= 15 is 0 Å². The van der Waals surface area contributed by atoms with Crippen LogP contribution in [0, 0.1) is 0 Å². The number of hydrogen-bond acceptors (Lipinski definition) is 5. The third-order valence-electron chi connectivity index (χ3n) is 4.15. The maximum atomic E-state index is 12.9. The molecule has 8 nitrogen and oxygen atoms in total. The number of halogens is 4. The number of anilines is 1. The molecule has 1 heterocycles. The molecular weight excluding hydrogens is 477 g/mol. The van der Waals surface area contributed by atoms with Gasteiger partial charge in [-0.1, -0.05) is 11.6 Å². The van der Waals surface area contributed by atoms with Gasteiger partial charge >= 0.3 is 12.2 Å². The van der Waals surface area contributed by atoms with Crippen LogP contribution in [0.25, 0.3) is 0 Å². The lowest BCUT2D eigenvalue weighted by molar-refractivity contribution is -0.137. The van der Waals surface area contributed by atoms with E-state index in [-0.39, 0.29) is 17.4 Å². The molecule has 0 fully saturated rings. The molecular formula is C22H18ClF3N4O4. The monoisotopic (exact) mass is 494 g/mol. The largest absolute Gasteiger partial charge is 0.457 e. The summed E-state index contributed by atoms with van der Waals surface area (Å²) < 4.78 is 44.4. The number of carbonyl (C=O) groups excluding carboxylic acids is 2. The van der Waals surface area contributed by atoms with Crippen LogP contribution in [-0.4, -0.2) is 23.5 Å². The van der Waals surface area contributed by atoms with Crippen molar-refractivity contribution in [2.75, 3.05) is 11.9 Å². The second-order valence-electron chi connectivity index (χ2n) is 6.66. The van der Waals surface area contributed by atoms with Gasteiger partial charge in [-0.25, -0.2) is 4.79 Å². The average molecular weight is 495 g/mol. The Bertz CT molecular complexity index is 1170. The number of pyridine rings is 1. The molecule has 0 saturated heterocycles. The Morgan fingerprint density at radius 2 is 1.71 bits per heavy atom. The van der Waals surface area contributed by atoms with E-state index in [0.717, 1.165) is 6.07 Å². The number of urea groups is 1. The molecule has 0 aliphatic heterocycles. The molecule has 178 valence electrons. The number of amides is 3. The summed E-state index contributed by atoms with van der Waals surface area (Å²) in [6, 6.07) is 11.3. The molecule has 12 heteroatoms. The summed E-state index contributed by atoms with van der Waals surface area (Å²) >= 11 is 5.54. The average Bonchev–Trinajstić information content (AvgIpc) is 2.79. The van der Waals surface area contributed by atoms with E-state index in [1.54, 1.807) is 25.1 Å². The highest BCUT2D eigenvalue weighted by Gasteiger charge is 2.33. The first kappa shape index (κ1) is 24.6. The molecule has 34 heavy (non-hydrogen) atoms. The van der Waals surface area contributed by atoms with Crippen molar-refractivity contribution in [3.63, 3.8) is 0 Å². The fourth-order valence-corrected chi connectivity index (χ4v) is 2.86. The summed E-state index contributed by atoms with van der Waals surface area (Å²) in [5, 5.41) is 4.61. The highest BCUT2D eigenvalue weighted by atomic mass is 35.5. The molecule has 3 aromatic rings. The summed E-state index contributed by atoms with van der Waals surface area (Å²) in [5.74, 6) is 0.245. The topological polar surface area (TPSA) is 102 Å². The summed E-state index contributed by atoms with van der Waals surface area (Å²) in [4.78, 5) is 32.8. The quantitative estimate of drug-likeness (QED) is 0.381. The van der Waals surface area contributed by atoms with E-state index in [4.69, 9.17) is 21.2 Å². The van der Waals surface area contributed by atoms with Crippen molar-refractivity contribution in [2.24, 2.45) is 0 Å². The zero-order valence-corrected chi connectivity index (χ0v) is 18.3. The molecule has 3 amide bonds. The molecule has 0 aliphatic carbocycles. The smallest absolute Gasteiger partial charge is 0.417 e. The van der Waals surface area contributed by atoms with Gasteiger partial charge in [-0.3, -0.25) is 9.78 Å². The van der Waals surface area contributed by atoms with E-state index in [0.29, 0.717) is 29.8 Å². The minimum Gasteiger partial charge on any atom is -0.457 e. The first-order valence-electron chi connectivity index (χ1n) is 9.78. The summed E-state index contributed by atoms with van der Waals surface area (Å²) in [6.07, 6.45) is -3.22. The summed E-state index contributed by atoms with van der Waals surface area (Å²) in [6.45, 7) is 2.26. The minimum absolute atomic E-state index is 0.206. The Morgan fingerprint density at radius 1 is 1.00 bits per heavy atom. The van der Waals surface area contributed by atoms with Gasteiger partial charge in [-0.15, -0.1) is 0 Å². The van der Waals surface area contributed by atoms with Crippen molar-refractivity contribution in [2.45, 2.75) is 13.1 Å². The van der Waals surface area contributed by atoms with Gasteiger partial charge < -0.3 is 20.2 Å². The summed E-state index contributed by atoms with van der Waals surface area (Å²) in [7, 11) is 0. The number of hydrogen-bond donors (Lipinski definition) is 3. The third-order valence-corrected chi connectivity index (χ3v) is 4.48. The maximum Gasteiger partial charge on any atom is 0.417 e. The highest BCUT2D eigenvalue weighted by molar-refractivity contribution is 6.31. The zero-order valence-electron chi connectivity index (χ0n) is 17.6. The number of ether oxygens (including phenoxy) is 1. The van der Waals surface area contributed by atoms with Crippen LogP contribution in [0.2, 0.25) is 5.02 Å². The van der Waals surface area contributed by atoms with Gasteiger partial charge in [0.25, 0.3) is 5.91 Å². The molecule has 0 aliphatic rings.